The standard InChI is InChI=1S/C16H21N3O2/c1-5-17-15(20)11(4)19-16(21)12-6-7-14-13(8-12)9(2)10(3)18-14/h6-8,11,18H,5H2,1-4H3,(H,17,20)(H,19,21). The van der Waals surface area contributed by atoms with Gasteiger partial charge in [-0.15, -0.1) is 0 Å². The Morgan fingerprint density at radius 1 is 1.29 bits per heavy atom. The van der Waals surface area contributed by atoms with Gasteiger partial charge in [0.1, 0.15) is 6.04 Å². The molecule has 1 aromatic heterocycles. The average molecular weight is 287 g/mol. The van der Waals surface area contributed by atoms with Gasteiger partial charge in [0.25, 0.3) is 5.91 Å². The number of benzene rings is 1. The molecule has 5 nitrogen and oxygen atoms in total. The molecule has 112 valence electrons. The summed E-state index contributed by atoms with van der Waals surface area (Å²) in [6, 6.07) is 4.95. The van der Waals surface area contributed by atoms with Gasteiger partial charge in [-0.1, -0.05) is 0 Å². The molecule has 2 rings (SSSR count). The lowest BCUT2D eigenvalue weighted by atomic mass is 10.1. The minimum Gasteiger partial charge on any atom is -0.358 e. The number of H-pyrrole nitrogens is 1. The van der Waals surface area contributed by atoms with Gasteiger partial charge in [-0.25, -0.2) is 0 Å². The van der Waals surface area contributed by atoms with E-state index in [9.17, 15) is 9.59 Å². The molecule has 0 bridgehead atoms. The van der Waals surface area contributed by atoms with E-state index in [1.165, 1.54) is 0 Å². The molecule has 2 aromatic rings. The molecule has 5 heteroatoms. The van der Waals surface area contributed by atoms with Crippen molar-refractivity contribution < 1.29 is 9.59 Å². The second kappa shape index (κ2) is 5.99. The van der Waals surface area contributed by atoms with E-state index in [0.29, 0.717) is 12.1 Å². The first-order valence-corrected chi connectivity index (χ1v) is 7.11. The molecule has 1 atom stereocenters. The fraction of sp³-hybridized carbons (Fsp3) is 0.375. The van der Waals surface area contributed by atoms with Crippen LogP contribution in [-0.4, -0.2) is 29.4 Å². The number of aromatic nitrogens is 1. The number of hydrogen-bond donors (Lipinski definition) is 3. The third kappa shape index (κ3) is 3.07. The molecule has 0 saturated heterocycles. The molecule has 1 heterocycles. The Labute approximate surface area is 124 Å². The summed E-state index contributed by atoms with van der Waals surface area (Å²) in [5, 5.41) is 6.43. The number of fused-ring (bicyclic) bond motifs is 1. The fourth-order valence-corrected chi connectivity index (χ4v) is 2.28. The predicted molar refractivity (Wildman–Crippen MR) is 83.4 cm³/mol. The van der Waals surface area contributed by atoms with Gasteiger partial charge in [0.15, 0.2) is 0 Å². The highest BCUT2D eigenvalue weighted by Gasteiger charge is 2.16. The van der Waals surface area contributed by atoms with Crippen LogP contribution in [0.2, 0.25) is 0 Å². The lowest BCUT2D eigenvalue weighted by Gasteiger charge is -2.13. The molecule has 21 heavy (non-hydrogen) atoms. The molecule has 0 radical (unpaired) electrons. The second-order valence-electron chi connectivity index (χ2n) is 5.23. The lowest BCUT2D eigenvalue weighted by Crippen LogP contribution is -2.44. The summed E-state index contributed by atoms with van der Waals surface area (Å²) in [4.78, 5) is 27.1. The van der Waals surface area contributed by atoms with Crippen molar-refractivity contribution in [2.75, 3.05) is 6.54 Å². The highest BCUT2D eigenvalue weighted by Crippen LogP contribution is 2.22. The molecule has 1 aromatic carbocycles. The number of aromatic amines is 1. The first-order valence-electron chi connectivity index (χ1n) is 7.11. The zero-order chi connectivity index (χ0) is 15.6. The molecule has 3 N–H and O–H groups in total. The predicted octanol–water partition coefficient (Wildman–Crippen LogP) is 2.04. The lowest BCUT2D eigenvalue weighted by molar-refractivity contribution is -0.122. The first kappa shape index (κ1) is 15.1. The van der Waals surface area contributed by atoms with Crippen molar-refractivity contribution in [3.8, 4) is 0 Å². The van der Waals surface area contributed by atoms with Gasteiger partial charge in [0, 0.05) is 28.7 Å². The van der Waals surface area contributed by atoms with Gasteiger partial charge in [-0.2, -0.15) is 0 Å². The number of amides is 2. The normalized spacial score (nSPS) is 12.2. The summed E-state index contributed by atoms with van der Waals surface area (Å²) in [5.74, 6) is -0.422. The number of rotatable bonds is 4. The molecule has 0 spiro atoms. The molecule has 0 aliphatic rings. The molecule has 0 fully saturated rings. The zero-order valence-corrected chi connectivity index (χ0v) is 12.8. The number of carbonyl (C=O) groups is 2. The van der Waals surface area contributed by atoms with Crippen LogP contribution in [0.1, 0.15) is 35.5 Å². The number of likely N-dealkylation sites (N-methyl/N-ethyl adjacent to an activating group) is 1. The van der Waals surface area contributed by atoms with Crippen LogP contribution in [0.4, 0.5) is 0 Å². The minimum absolute atomic E-state index is 0.180. The highest BCUT2D eigenvalue weighted by molar-refractivity contribution is 6.00. The van der Waals surface area contributed by atoms with Crippen molar-refractivity contribution in [2.45, 2.75) is 33.7 Å². The zero-order valence-electron chi connectivity index (χ0n) is 12.8. The van der Waals surface area contributed by atoms with Crippen molar-refractivity contribution in [3.05, 3.63) is 35.0 Å². The van der Waals surface area contributed by atoms with Crippen LogP contribution in [0.25, 0.3) is 10.9 Å². The smallest absolute Gasteiger partial charge is 0.251 e. The maximum absolute atomic E-state index is 12.2. The maximum atomic E-state index is 12.2. The Kier molecular flexibility index (Phi) is 4.31. The highest BCUT2D eigenvalue weighted by atomic mass is 16.2. The van der Waals surface area contributed by atoms with Crippen LogP contribution < -0.4 is 10.6 Å². The average Bonchev–Trinajstić information content (AvgIpc) is 2.74. The van der Waals surface area contributed by atoms with Crippen molar-refractivity contribution >= 4 is 22.7 Å². The minimum atomic E-state index is -0.554. The van der Waals surface area contributed by atoms with Gasteiger partial charge in [0.2, 0.25) is 5.91 Å². The summed E-state index contributed by atoms with van der Waals surface area (Å²) < 4.78 is 0. The van der Waals surface area contributed by atoms with Gasteiger partial charge in [0.05, 0.1) is 0 Å². The Morgan fingerprint density at radius 2 is 2.00 bits per heavy atom. The molecular formula is C16H21N3O2. The van der Waals surface area contributed by atoms with Gasteiger partial charge in [-0.05, 0) is 51.5 Å². The van der Waals surface area contributed by atoms with E-state index in [2.05, 4.69) is 15.6 Å². The van der Waals surface area contributed by atoms with Crippen LogP contribution in [-0.2, 0) is 4.79 Å². The summed E-state index contributed by atoms with van der Waals surface area (Å²) in [5.41, 5.74) is 3.80. The number of nitrogens with one attached hydrogen (secondary N) is 3. The molecule has 2 amide bonds. The van der Waals surface area contributed by atoms with Crippen molar-refractivity contribution in [3.63, 3.8) is 0 Å². The van der Waals surface area contributed by atoms with E-state index in [0.717, 1.165) is 22.2 Å². The van der Waals surface area contributed by atoms with E-state index in [4.69, 9.17) is 0 Å². The SMILES string of the molecule is CCNC(=O)C(C)NC(=O)c1ccc2[nH]c(C)c(C)c2c1. The van der Waals surface area contributed by atoms with E-state index in [1.807, 2.05) is 32.9 Å². The van der Waals surface area contributed by atoms with Crippen molar-refractivity contribution in [2.24, 2.45) is 0 Å². The van der Waals surface area contributed by atoms with Gasteiger partial charge in [-0.3, -0.25) is 9.59 Å². The number of aryl methyl sites for hydroxylation is 2. The largest absolute Gasteiger partial charge is 0.358 e. The molecular weight excluding hydrogens is 266 g/mol. The van der Waals surface area contributed by atoms with E-state index in [-0.39, 0.29) is 11.8 Å². The molecule has 1 unspecified atom stereocenters. The quantitative estimate of drug-likeness (QED) is 0.805. The van der Waals surface area contributed by atoms with E-state index < -0.39 is 6.04 Å². The molecule has 0 saturated carbocycles. The monoisotopic (exact) mass is 287 g/mol. The van der Waals surface area contributed by atoms with E-state index >= 15 is 0 Å². The second-order valence-corrected chi connectivity index (χ2v) is 5.23. The van der Waals surface area contributed by atoms with Crippen LogP contribution in [0.3, 0.4) is 0 Å². The van der Waals surface area contributed by atoms with Crippen LogP contribution in [0.15, 0.2) is 18.2 Å². The fourth-order valence-electron chi connectivity index (χ4n) is 2.28. The van der Waals surface area contributed by atoms with Crippen LogP contribution in [0.5, 0.6) is 0 Å². The summed E-state index contributed by atoms with van der Waals surface area (Å²) in [7, 11) is 0. The van der Waals surface area contributed by atoms with Crippen molar-refractivity contribution in [1.82, 2.24) is 15.6 Å². The third-order valence-corrected chi connectivity index (χ3v) is 3.66. The Bertz CT molecular complexity index is 688. The number of hydrogen-bond acceptors (Lipinski definition) is 2. The summed E-state index contributed by atoms with van der Waals surface area (Å²) >= 11 is 0. The third-order valence-electron chi connectivity index (χ3n) is 3.66. The van der Waals surface area contributed by atoms with Crippen molar-refractivity contribution in [1.29, 1.82) is 0 Å². The van der Waals surface area contributed by atoms with Crippen LogP contribution >= 0.6 is 0 Å². The topological polar surface area (TPSA) is 74.0 Å². The first-order chi connectivity index (χ1) is 9.93. The Balaban J connectivity index is 2.19. The summed E-state index contributed by atoms with van der Waals surface area (Å²) in [6.07, 6.45) is 0. The Hall–Kier alpha value is -2.30. The van der Waals surface area contributed by atoms with Gasteiger partial charge < -0.3 is 15.6 Å². The van der Waals surface area contributed by atoms with Crippen LogP contribution in [0, 0.1) is 13.8 Å². The van der Waals surface area contributed by atoms with Gasteiger partial charge >= 0.3 is 0 Å². The van der Waals surface area contributed by atoms with E-state index in [1.54, 1.807) is 13.0 Å². The molecule has 0 aliphatic carbocycles. The number of carbonyl (C=O) groups excluding carboxylic acids is 2. The maximum Gasteiger partial charge on any atom is 0.251 e. The summed E-state index contributed by atoms with van der Waals surface area (Å²) in [6.45, 7) is 8.09. The Morgan fingerprint density at radius 3 is 2.67 bits per heavy atom. The molecule has 0 aliphatic heterocycles.